The molecule has 1 aromatic heterocycles. The molecule has 1 N–H and O–H groups in total. The molecular weight excluding hydrogens is 230 g/mol. The van der Waals surface area contributed by atoms with E-state index in [9.17, 15) is 0 Å². The van der Waals surface area contributed by atoms with Crippen LogP contribution < -0.4 is 5.32 Å². The van der Waals surface area contributed by atoms with Gasteiger partial charge in [0.1, 0.15) is 10.7 Å². The van der Waals surface area contributed by atoms with Gasteiger partial charge < -0.3 is 10.1 Å². The van der Waals surface area contributed by atoms with E-state index in [1.165, 1.54) is 24.4 Å². The van der Waals surface area contributed by atoms with Crippen LogP contribution in [0.4, 0.5) is 5.00 Å². The van der Waals surface area contributed by atoms with E-state index < -0.39 is 0 Å². The maximum atomic E-state index is 5.56. The topological polar surface area (TPSA) is 47.0 Å². The number of nitrogens with one attached hydrogen (secondary N) is 1. The van der Waals surface area contributed by atoms with Crippen LogP contribution in [0.1, 0.15) is 18.5 Å². The minimum atomic E-state index is 0.458. The Balaban J connectivity index is 1.73. The van der Waals surface area contributed by atoms with Gasteiger partial charge in [-0.05, 0) is 12.8 Å². The summed E-state index contributed by atoms with van der Waals surface area (Å²) in [4.78, 5) is 0. The van der Waals surface area contributed by atoms with Gasteiger partial charge in [-0.25, -0.2) is 0 Å². The molecule has 2 heterocycles. The highest BCUT2D eigenvalue weighted by Crippen LogP contribution is 2.24. The third-order valence-electron chi connectivity index (χ3n) is 2.35. The lowest BCUT2D eigenvalue weighted by molar-refractivity contribution is 0.129. The third kappa shape index (κ3) is 3.06. The molecule has 1 aliphatic heterocycles. The van der Waals surface area contributed by atoms with E-state index in [0.717, 1.165) is 28.8 Å². The molecule has 2 rings (SSSR count). The summed E-state index contributed by atoms with van der Waals surface area (Å²) in [6.07, 6.45) is 2.88. The average Bonchev–Trinajstić information content (AvgIpc) is 2.88. The third-order valence-corrected chi connectivity index (χ3v) is 4.22. The van der Waals surface area contributed by atoms with Gasteiger partial charge in [0.25, 0.3) is 0 Å². The van der Waals surface area contributed by atoms with Crippen LogP contribution >= 0.6 is 23.3 Å². The Bertz CT molecular complexity index is 299. The molecule has 0 saturated carbocycles. The second-order valence-electron chi connectivity index (χ2n) is 3.45. The van der Waals surface area contributed by atoms with Crippen molar-refractivity contribution in [1.29, 1.82) is 0 Å². The van der Waals surface area contributed by atoms with E-state index in [0.29, 0.717) is 6.10 Å². The predicted octanol–water partition coefficient (Wildman–Crippen LogP) is 1.99. The Kier molecular flexibility index (Phi) is 4.22. The molecule has 4 nitrogen and oxygen atoms in total. The molecule has 6 heteroatoms. The van der Waals surface area contributed by atoms with Crippen molar-refractivity contribution in [3.63, 3.8) is 0 Å². The Labute approximate surface area is 98.0 Å². The number of rotatable bonds is 5. The van der Waals surface area contributed by atoms with Crippen molar-refractivity contribution in [3.05, 3.63) is 5.69 Å². The SMILES string of the molecule is CNc1snnc1CSCC1CCCO1. The second-order valence-corrected chi connectivity index (χ2v) is 5.23. The maximum absolute atomic E-state index is 5.56. The fourth-order valence-electron chi connectivity index (χ4n) is 1.56. The molecule has 1 aromatic rings. The lowest BCUT2D eigenvalue weighted by Gasteiger charge is -2.07. The summed E-state index contributed by atoms with van der Waals surface area (Å²) in [7, 11) is 1.91. The van der Waals surface area contributed by atoms with Gasteiger partial charge in [0, 0.05) is 36.7 Å². The quantitative estimate of drug-likeness (QED) is 0.859. The molecule has 15 heavy (non-hydrogen) atoms. The Morgan fingerprint density at radius 3 is 3.33 bits per heavy atom. The van der Waals surface area contributed by atoms with Crippen molar-refractivity contribution < 1.29 is 4.74 Å². The van der Waals surface area contributed by atoms with Crippen molar-refractivity contribution in [2.45, 2.75) is 24.7 Å². The first-order chi connectivity index (χ1) is 7.40. The minimum absolute atomic E-state index is 0.458. The van der Waals surface area contributed by atoms with Crippen LogP contribution in [0.25, 0.3) is 0 Å². The van der Waals surface area contributed by atoms with Crippen molar-refractivity contribution in [1.82, 2.24) is 9.59 Å². The summed E-state index contributed by atoms with van der Waals surface area (Å²) < 4.78 is 9.49. The van der Waals surface area contributed by atoms with E-state index in [1.54, 1.807) is 0 Å². The average molecular weight is 245 g/mol. The van der Waals surface area contributed by atoms with E-state index in [2.05, 4.69) is 14.9 Å². The second kappa shape index (κ2) is 5.67. The predicted molar refractivity (Wildman–Crippen MR) is 64.6 cm³/mol. The zero-order valence-corrected chi connectivity index (χ0v) is 10.4. The Morgan fingerprint density at radius 2 is 2.60 bits per heavy atom. The van der Waals surface area contributed by atoms with Crippen LogP contribution in [0.2, 0.25) is 0 Å². The molecule has 1 unspecified atom stereocenters. The molecule has 84 valence electrons. The van der Waals surface area contributed by atoms with Crippen LogP contribution in [-0.4, -0.2) is 35.1 Å². The molecule has 0 bridgehead atoms. The van der Waals surface area contributed by atoms with Crippen LogP contribution in [0.3, 0.4) is 0 Å². The van der Waals surface area contributed by atoms with Crippen molar-refractivity contribution in [3.8, 4) is 0 Å². The summed E-state index contributed by atoms with van der Waals surface area (Å²) in [6.45, 7) is 0.936. The van der Waals surface area contributed by atoms with Gasteiger partial charge in [0.2, 0.25) is 0 Å². The molecule has 1 atom stereocenters. The molecule has 0 spiro atoms. The fourth-order valence-corrected chi connectivity index (χ4v) is 3.22. The van der Waals surface area contributed by atoms with Crippen molar-refractivity contribution in [2.75, 3.05) is 24.7 Å². The Morgan fingerprint density at radius 1 is 1.67 bits per heavy atom. The fraction of sp³-hybridized carbons (Fsp3) is 0.778. The highest BCUT2D eigenvalue weighted by atomic mass is 32.2. The van der Waals surface area contributed by atoms with E-state index in [1.807, 2.05) is 18.8 Å². The van der Waals surface area contributed by atoms with E-state index >= 15 is 0 Å². The van der Waals surface area contributed by atoms with Crippen molar-refractivity contribution >= 4 is 28.3 Å². The molecular formula is C9H15N3OS2. The standard InChI is InChI=1S/C9H15N3OS2/c1-10-9-8(11-12-15-9)6-14-5-7-3-2-4-13-7/h7,10H,2-6H2,1H3. The number of thioether (sulfide) groups is 1. The zero-order valence-electron chi connectivity index (χ0n) is 8.73. The van der Waals surface area contributed by atoms with Gasteiger partial charge in [0.05, 0.1) is 6.10 Å². The smallest absolute Gasteiger partial charge is 0.133 e. The summed E-state index contributed by atoms with van der Waals surface area (Å²) >= 11 is 3.29. The van der Waals surface area contributed by atoms with E-state index in [4.69, 9.17) is 4.74 Å². The number of aromatic nitrogens is 2. The molecule has 1 aliphatic rings. The largest absolute Gasteiger partial charge is 0.377 e. The number of hydrogen-bond donors (Lipinski definition) is 1. The first-order valence-corrected chi connectivity index (χ1v) is 7.01. The lowest BCUT2D eigenvalue weighted by Crippen LogP contribution is -2.08. The number of nitrogens with zero attached hydrogens (tertiary/aromatic N) is 2. The summed E-state index contributed by atoms with van der Waals surface area (Å²) in [5.41, 5.74) is 1.06. The molecule has 1 saturated heterocycles. The zero-order chi connectivity index (χ0) is 10.5. The van der Waals surface area contributed by atoms with Gasteiger partial charge in [0.15, 0.2) is 0 Å². The summed E-state index contributed by atoms with van der Waals surface area (Å²) in [5, 5.41) is 8.28. The summed E-state index contributed by atoms with van der Waals surface area (Å²) in [6, 6.07) is 0. The number of anilines is 1. The molecule has 0 aliphatic carbocycles. The number of hydrogen-bond acceptors (Lipinski definition) is 6. The minimum Gasteiger partial charge on any atom is -0.377 e. The molecule has 0 amide bonds. The van der Waals surface area contributed by atoms with Gasteiger partial charge in [-0.15, -0.1) is 5.10 Å². The highest BCUT2D eigenvalue weighted by Gasteiger charge is 2.15. The number of ether oxygens (including phenoxy) is 1. The molecule has 0 aromatic carbocycles. The first-order valence-electron chi connectivity index (χ1n) is 5.08. The maximum Gasteiger partial charge on any atom is 0.133 e. The normalized spacial score (nSPS) is 20.7. The summed E-state index contributed by atoms with van der Waals surface area (Å²) in [5.74, 6) is 1.99. The first kappa shape index (κ1) is 11.2. The lowest BCUT2D eigenvalue weighted by atomic mass is 10.3. The van der Waals surface area contributed by atoms with Crippen LogP contribution in [-0.2, 0) is 10.5 Å². The van der Waals surface area contributed by atoms with Gasteiger partial charge in [-0.2, -0.15) is 11.8 Å². The van der Waals surface area contributed by atoms with Gasteiger partial charge in [-0.1, -0.05) is 4.49 Å². The monoisotopic (exact) mass is 245 g/mol. The van der Waals surface area contributed by atoms with Gasteiger partial charge in [-0.3, -0.25) is 0 Å². The van der Waals surface area contributed by atoms with E-state index in [-0.39, 0.29) is 0 Å². The van der Waals surface area contributed by atoms with Crippen LogP contribution in [0.5, 0.6) is 0 Å². The van der Waals surface area contributed by atoms with Gasteiger partial charge >= 0.3 is 0 Å². The molecule has 0 radical (unpaired) electrons. The Hall–Kier alpha value is -0.330. The van der Waals surface area contributed by atoms with Crippen molar-refractivity contribution in [2.24, 2.45) is 0 Å². The highest BCUT2D eigenvalue weighted by molar-refractivity contribution is 7.98. The van der Waals surface area contributed by atoms with Crippen LogP contribution in [0.15, 0.2) is 0 Å². The van der Waals surface area contributed by atoms with Crippen LogP contribution in [0, 0.1) is 0 Å². The molecule has 1 fully saturated rings.